The van der Waals surface area contributed by atoms with E-state index in [4.69, 9.17) is 4.74 Å². The van der Waals surface area contributed by atoms with E-state index in [2.05, 4.69) is 17.1 Å². The summed E-state index contributed by atoms with van der Waals surface area (Å²) in [6.07, 6.45) is -1.69. The molecule has 0 aromatic heterocycles. The highest BCUT2D eigenvalue weighted by molar-refractivity contribution is 7.93. The molecule has 0 radical (unpaired) electrons. The van der Waals surface area contributed by atoms with Crippen LogP contribution in [0.1, 0.15) is 33.1 Å². The van der Waals surface area contributed by atoms with E-state index < -0.39 is 21.9 Å². The lowest BCUT2D eigenvalue weighted by Crippen LogP contribution is -2.74. The van der Waals surface area contributed by atoms with Crippen LogP contribution in [0.4, 0.5) is 13.2 Å². The first-order valence-electron chi connectivity index (χ1n) is 10.1. The fraction of sp³-hybridized carbons (Fsp3) is 0.789. The summed E-state index contributed by atoms with van der Waals surface area (Å²) in [5, 5.41) is 2.21. The maximum atomic E-state index is 12.9. The van der Waals surface area contributed by atoms with E-state index in [1.807, 2.05) is 0 Å². The van der Waals surface area contributed by atoms with E-state index >= 15 is 0 Å². The second-order valence-corrected chi connectivity index (χ2v) is 10.8. The number of ether oxygens (including phenoxy) is 1. The van der Waals surface area contributed by atoms with Gasteiger partial charge < -0.3 is 10.1 Å². The Morgan fingerprint density at radius 2 is 1.83 bits per heavy atom. The van der Waals surface area contributed by atoms with E-state index in [-0.39, 0.29) is 22.4 Å². The second-order valence-electron chi connectivity index (χ2n) is 8.86. The third-order valence-electron chi connectivity index (χ3n) is 6.81. The monoisotopic (exact) mass is 435 g/mol. The molecule has 0 saturated carbocycles. The predicted octanol–water partition coefficient (Wildman–Crippen LogP) is 2.42. The average molecular weight is 436 g/mol. The number of rotatable bonds is 4. The molecule has 29 heavy (non-hydrogen) atoms. The van der Waals surface area contributed by atoms with E-state index in [1.165, 1.54) is 11.2 Å². The minimum atomic E-state index is -4.51. The molecule has 1 N–H and O–H groups in total. The summed E-state index contributed by atoms with van der Waals surface area (Å²) in [7, 11) is -3.75. The van der Waals surface area contributed by atoms with E-state index in [1.54, 1.807) is 0 Å². The van der Waals surface area contributed by atoms with Crippen LogP contribution < -0.4 is 5.32 Å². The summed E-state index contributed by atoms with van der Waals surface area (Å²) in [5.74, 6) is 0.622. The fourth-order valence-corrected chi connectivity index (χ4v) is 6.91. The third-order valence-corrected chi connectivity index (χ3v) is 8.85. The highest BCUT2D eigenvalue weighted by Crippen LogP contribution is 2.45. The Kier molecular flexibility index (Phi) is 5.28. The van der Waals surface area contributed by atoms with Crippen LogP contribution in [-0.4, -0.2) is 69.2 Å². The lowest BCUT2D eigenvalue weighted by Gasteiger charge is -2.62. The number of sulfonamides is 1. The summed E-state index contributed by atoms with van der Waals surface area (Å²) in [5.41, 5.74) is -0.842. The molecule has 1 unspecified atom stereocenters. The number of nitrogens with zero attached hydrogens (tertiary/aromatic N) is 2. The van der Waals surface area contributed by atoms with Crippen molar-refractivity contribution in [1.82, 2.24) is 14.5 Å². The van der Waals surface area contributed by atoms with Crippen LogP contribution >= 0.6 is 0 Å². The summed E-state index contributed by atoms with van der Waals surface area (Å²) in [6.45, 7) is 7.90. The lowest BCUT2D eigenvalue weighted by atomic mass is 9.72. The van der Waals surface area contributed by atoms with Crippen molar-refractivity contribution >= 4 is 10.0 Å². The Bertz CT molecular complexity index is 817. The van der Waals surface area contributed by atoms with Gasteiger partial charge in [-0.25, -0.2) is 8.42 Å². The van der Waals surface area contributed by atoms with Gasteiger partial charge in [-0.15, -0.1) is 0 Å². The van der Waals surface area contributed by atoms with Crippen LogP contribution in [-0.2, 0) is 14.8 Å². The van der Waals surface area contributed by atoms with Crippen LogP contribution in [0.2, 0.25) is 0 Å². The molecule has 164 valence electrons. The molecule has 1 atom stereocenters. The first-order chi connectivity index (χ1) is 13.5. The molecule has 10 heteroatoms. The number of allylic oxidation sites excluding steroid dienone is 4. The zero-order chi connectivity index (χ0) is 21.0. The third kappa shape index (κ3) is 3.84. The van der Waals surface area contributed by atoms with Crippen molar-refractivity contribution in [2.75, 3.05) is 39.4 Å². The summed E-state index contributed by atoms with van der Waals surface area (Å²) < 4.78 is 71.2. The van der Waals surface area contributed by atoms with Gasteiger partial charge in [0.15, 0.2) is 0 Å². The molecule has 4 aliphatic heterocycles. The van der Waals surface area contributed by atoms with Crippen molar-refractivity contribution in [1.29, 1.82) is 0 Å². The molecule has 3 fully saturated rings. The van der Waals surface area contributed by atoms with E-state index in [0.29, 0.717) is 25.0 Å². The molecule has 4 aliphatic rings. The van der Waals surface area contributed by atoms with Crippen molar-refractivity contribution in [3.8, 4) is 0 Å². The van der Waals surface area contributed by atoms with Crippen LogP contribution in [0.25, 0.3) is 0 Å². The number of nitrogens with one attached hydrogen (secondary N) is 1. The Labute approximate surface area is 169 Å². The van der Waals surface area contributed by atoms with Crippen molar-refractivity contribution in [3.05, 3.63) is 22.4 Å². The first-order valence-corrected chi connectivity index (χ1v) is 11.5. The van der Waals surface area contributed by atoms with Gasteiger partial charge in [-0.05, 0) is 32.6 Å². The molecule has 0 aromatic rings. The molecular weight excluding hydrogens is 407 g/mol. The lowest BCUT2D eigenvalue weighted by molar-refractivity contribution is -0.113. The van der Waals surface area contributed by atoms with E-state index in [0.717, 1.165) is 45.2 Å². The number of alkyl halides is 3. The molecule has 1 spiro atoms. The minimum Gasteiger partial charge on any atom is -0.381 e. The smallest absolute Gasteiger partial charge is 0.381 e. The average Bonchev–Trinajstić information content (AvgIpc) is 2.58. The number of hydrogen-bond donors (Lipinski definition) is 1. The Morgan fingerprint density at radius 1 is 1.21 bits per heavy atom. The first kappa shape index (κ1) is 21.1. The Hall–Kier alpha value is -1.10. The molecule has 6 nitrogen and oxygen atoms in total. The van der Waals surface area contributed by atoms with Crippen molar-refractivity contribution < 1.29 is 26.3 Å². The van der Waals surface area contributed by atoms with Gasteiger partial charge in [-0.2, -0.15) is 17.5 Å². The van der Waals surface area contributed by atoms with Gasteiger partial charge in [0.25, 0.3) is 0 Å². The largest absolute Gasteiger partial charge is 0.430 e. The zero-order valence-corrected chi connectivity index (χ0v) is 17.6. The molecule has 0 bridgehead atoms. The maximum Gasteiger partial charge on any atom is 0.430 e. The van der Waals surface area contributed by atoms with Crippen LogP contribution in [0.5, 0.6) is 0 Å². The number of likely N-dealkylation sites (tertiary alicyclic amines) is 1. The van der Waals surface area contributed by atoms with Gasteiger partial charge in [-0.3, -0.25) is 4.90 Å². The van der Waals surface area contributed by atoms with Crippen LogP contribution in [0, 0.1) is 11.3 Å². The van der Waals surface area contributed by atoms with Crippen LogP contribution in [0.15, 0.2) is 22.4 Å². The topological polar surface area (TPSA) is 61.9 Å². The number of halogens is 3. The minimum absolute atomic E-state index is 0.00394. The molecule has 0 aromatic carbocycles. The highest BCUT2D eigenvalue weighted by Gasteiger charge is 2.56. The van der Waals surface area contributed by atoms with Gasteiger partial charge in [0.05, 0.1) is 4.91 Å². The number of dihydropyridines is 1. The molecule has 4 heterocycles. The molecule has 0 aliphatic carbocycles. The number of hydrogen-bond acceptors (Lipinski definition) is 5. The fourth-order valence-electron chi connectivity index (χ4n) is 4.98. The van der Waals surface area contributed by atoms with E-state index in [9.17, 15) is 21.6 Å². The van der Waals surface area contributed by atoms with Gasteiger partial charge in [-0.1, -0.05) is 6.08 Å². The Balaban J connectivity index is 1.33. The molecule has 4 rings (SSSR count). The van der Waals surface area contributed by atoms with Gasteiger partial charge in [0.2, 0.25) is 10.0 Å². The van der Waals surface area contributed by atoms with Crippen molar-refractivity contribution in [2.45, 2.75) is 45.3 Å². The normalized spacial score (nSPS) is 27.8. The standard InChI is InChI=1S/C19H28F3N3O3S/c1-13-16(3-4-17(23-13)19(20,21)22)29(26,27)25-11-18(12-25)9-24(10-18)14(2)15-5-7-28-8-6-15/h4,14-15,23H,3,5-12H2,1-2H3. The quantitative estimate of drug-likeness (QED) is 0.735. The summed E-state index contributed by atoms with van der Waals surface area (Å²) in [6, 6.07) is 0.466. The maximum absolute atomic E-state index is 12.9. The summed E-state index contributed by atoms with van der Waals surface area (Å²) >= 11 is 0. The van der Waals surface area contributed by atoms with Gasteiger partial charge >= 0.3 is 6.18 Å². The second kappa shape index (κ2) is 7.25. The zero-order valence-electron chi connectivity index (χ0n) is 16.8. The van der Waals surface area contributed by atoms with Gasteiger partial charge in [0.1, 0.15) is 5.70 Å². The van der Waals surface area contributed by atoms with Crippen molar-refractivity contribution in [3.63, 3.8) is 0 Å². The Morgan fingerprint density at radius 3 is 2.38 bits per heavy atom. The van der Waals surface area contributed by atoms with Crippen LogP contribution in [0.3, 0.4) is 0 Å². The summed E-state index contributed by atoms with van der Waals surface area (Å²) in [4.78, 5) is 2.46. The predicted molar refractivity (Wildman–Crippen MR) is 102 cm³/mol. The van der Waals surface area contributed by atoms with Gasteiger partial charge in [0, 0.05) is 63.0 Å². The SMILES string of the molecule is CC1=C(S(=O)(=O)N2CC3(CN(C(C)C4CCOCC4)C3)C2)CC=C(C(F)(F)F)N1. The molecular formula is C19H28F3N3O3S. The highest BCUT2D eigenvalue weighted by atomic mass is 32.2. The molecule has 0 amide bonds. The molecule has 3 saturated heterocycles. The van der Waals surface area contributed by atoms with Crippen molar-refractivity contribution in [2.24, 2.45) is 11.3 Å².